The number of nitrogens with one attached hydrogen (secondary N) is 2. The van der Waals surface area contributed by atoms with E-state index in [1.165, 1.54) is 36.4 Å². The van der Waals surface area contributed by atoms with Gasteiger partial charge in [-0.05, 0) is 49.4 Å². The molecule has 0 heterocycles. The first kappa shape index (κ1) is 21.5. The van der Waals surface area contributed by atoms with E-state index in [2.05, 4.69) is 10.6 Å². The minimum atomic E-state index is -3.81. The number of anilines is 1. The number of sulfone groups is 1. The molecular formula is C18H21N3O6S. The maximum atomic E-state index is 12.6. The van der Waals surface area contributed by atoms with Gasteiger partial charge in [0.2, 0.25) is 15.7 Å². The van der Waals surface area contributed by atoms with Crippen molar-refractivity contribution in [2.75, 3.05) is 32.1 Å². The van der Waals surface area contributed by atoms with Gasteiger partial charge in [0.25, 0.3) is 5.69 Å². The highest BCUT2D eigenvalue weighted by Crippen LogP contribution is 2.24. The van der Waals surface area contributed by atoms with Crippen molar-refractivity contribution in [2.24, 2.45) is 0 Å². The number of amides is 1. The van der Waals surface area contributed by atoms with Crippen LogP contribution in [-0.4, -0.2) is 46.1 Å². The second kappa shape index (κ2) is 9.93. The van der Waals surface area contributed by atoms with E-state index >= 15 is 0 Å². The summed E-state index contributed by atoms with van der Waals surface area (Å²) in [6, 6.07) is 10.4. The average molecular weight is 407 g/mol. The lowest BCUT2D eigenvalue weighted by atomic mass is 10.3. The average Bonchev–Trinajstić information content (AvgIpc) is 2.68. The van der Waals surface area contributed by atoms with Crippen LogP contribution in [0.15, 0.2) is 58.3 Å². The lowest BCUT2D eigenvalue weighted by Crippen LogP contribution is -2.29. The second-order valence-corrected chi connectivity index (χ2v) is 7.80. The SMILES string of the molecule is COCCCNCC(=O)Nc1ccc(S(=O)(=O)c2ccc([N+](=O)[O-])cc2)cc1. The van der Waals surface area contributed by atoms with Crippen LogP contribution in [0.25, 0.3) is 0 Å². The van der Waals surface area contributed by atoms with Gasteiger partial charge < -0.3 is 15.4 Å². The number of ether oxygens (including phenoxy) is 1. The molecule has 0 unspecified atom stereocenters. The predicted octanol–water partition coefficient (Wildman–Crippen LogP) is 1.99. The number of non-ortho nitro benzene ring substituents is 1. The molecule has 9 nitrogen and oxygen atoms in total. The molecule has 0 fully saturated rings. The Kier molecular flexibility index (Phi) is 7.61. The van der Waals surface area contributed by atoms with Crippen molar-refractivity contribution in [2.45, 2.75) is 16.2 Å². The quantitative estimate of drug-likeness (QED) is 0.350. The summed E-state index contributed by atoms with van der Waals surface area (Å²) in [5.74, 6) is -0.247. The van der Waals surface area contributed by atoms with Gasteiger partial charge in [-0.25, -0.2) is 8.42 Å². The third-order valence-corrected chi connectivity index (χ3v) is 5.58. The summed E-state index contributed by atoms with van der Waals surface area (Å²) < 4.78 is 30.1. The molecule has 0 bridgehead atoms. The van der Waals surface area contributed by atoms with E-state index in [0.29, 0.717) is 18.8 Å². The van der Waals surface area contributed by atoms with Crippen molar-refractivity contribution < 1.29 is 22.9 Å². The number of benzene rings is 2. The van der Waals surface area contributed by atoms with Crippen LogP contribution in [0.5, 0.6) is 0 Å². The highest BCUT2D eigenvalue weighted by molar-refractivity contribution is 7.91. The summed E-state index contributed by atoms with van der Waals surface area (Å²) in [6.45, 7) is 1.39. The van der Waals surface area contributed by atoms with Gasteiger partial charge in [-0.15, -0.1) is 0 Å². The van der Waals surface area contributed by atoms with Crippen LogP contribution < -0.4 is 10.6 Å². The molecular weight excluding hydrogens is 386 g/mol. The number of nitro groups is 1. The summed E-state index contributed by atoms with van der Waals surface area (Å²) in [5, 5.41) is 16.3. The number of hydrogen-bond acceptors (Lipinski definition) is 7. The Bertz CT molecular complexity index is 911. The van der Waals surface area contributed by atoms with Gasteiger partial charge in [0.1, 0.15) is 0 Å². The Morgan fingerprint density at radius 2 is 1.64 bits per heavy atom. The molecule has 2 N–H and O–H groups in total. The van der Waals surface area contributed by atoms with Crippen LogP contribution in [-0.2, 0) is 19.4 Å². The molecule has 10 heteroatoms. The van der Waals surface area contributed by atoms with E-state index in [-0.39, 0.29) is 27.9 Å². The molecule has 150 valence electrons. The Labute approximate surface area is 162 Å². The molecule has 0 aliphatic carbocycles. The maximum absolute atomic E-state index is 12.6. The highest BCUT2D eigenvalue weighted by atomic mass is 32.2. The Morgan fingerprint density at radius 1 is 1.07 bits per heavy atom. The predicted molar refractivity (Wildman–Crippen MR) is 103 cm³/mol. The zero-order valence-electron chi connectivity index (χ0n) is 15.3. The van der Waals surface area contributed by atoms with Crippen LogP contribution in [0.4, 0.5) is 11.4 Å². The standard InChI is InChI=1S/C18H21N3O6S/c1-27-12-2-11-19-13-18(22)20-14-3-7-16(8-4-14)28(25,26)17-9-5-15(6-10-17)21(23)24/h3-10,19H,2,11-13H2,1H3,(H,20,22). The summed E-state index contributed by atoms with van der Waals surface area (Å²) in [6.07, 6.45) is 0.791. The van der Waals surface area contributed by atoms with E-state index in [4.69, 9.17) is 4.74 Å². The van der Waals surface area contributed by atoms with Crippen molar-refractivity contribution in [3.8, 4) is 0 Å². The van der Waals surface area contributed by atoms with Crippen molar-refractivity contribution in [1.82, 2.24) is 5.32 Å². The Hall–Kier alpha value is -2.82. The summed E-state index contributed by atoms with van der Waals surface area (Å²) in [4.78, 5) is 21.9. The molecule has 0 aromatic heterocycles. The molecule has 2 aromatic carbocycles. The monoisotopic (exact) mass is 407 g/mol. The van der Waals surface area contributed by atoms with Crippen LogP contribution in [0, 0.1) is 10.1 Å². The molecule has 0 atom stereocenters. The number of carbonyl (C=O) groups excluding carboxylic acids is 1. The fraction of sp³-hybridized carbons (Fsp3) is 0.278. The third kappa shape index (κ3) is 5.84. The first-order chi connectivity index (χ1) is 13.3. The Balaban J connectivity index is 1.99. The molecule has 0 saturated carbocycles. The molecule has 1 amide bonds. The Morgan fingerprint density at radius 3 is 2.18 bits per heavy atom. The lowest BCUT2D eigenvalue weighted by Gasteiger charge is -2.08. The van der Waals surface area contributed by atoms with Crippen molar-refractivity contribution in [3.63, 3.8) is 0 Å². The van der Waals surface area contributed by atoms with E-state index in [1.807, 2.05) is 0 Å². The van der Waals surface area contributed by atoms with E-state index in [1.54, 1.807) is 7.11 Å². The topological polar surface area (TPSA) is 128 Å². The van der Waals surface area contributed by atoms with Gasteiger partial charge in [-0.1, -0.05) is 0 Å². The first-order valence-electron chi connectivity index (χ1n) is 8.43. The zero-order valence-corrected chi connectivity index (χ0v) is 16.1. The number of methoxy groups -OCH3 is 1. The lowest BCUT2D eigenvalue weighted by molar-refractivity contribution is -0.384. The molecule has 0 aliphatic rings. The fourth-order valence-electron chi connectivity index (χ4n) is 2.35. The van der Waals surface area contributed by atoms with Gasteiger partial charge in [0.15, 0.2) is 0 Å². The first-order valence-corrected chi connectivity index (χ1v) is 9.92. The molecule has 0 spiro atoms. The summed E-state index contributed by atoms with van der Waals surface area (Å²) >= 11 is 0. The molecule has 2 aromatic rings. The molecule has 0 saturated heterocycles. The van der Waals surface area contributed by atoms with E-state index in [9.17, 15) is 23.3 Å². The number of rotatable bonds is 10. The second-order valence-electron chi connectivity index (χ2n) is 5.85. The van der Waals surface area contributed by atoms with Crippen molar-refractivity contribution in [1.29, 1.82) is 0 Å². The van der Waals surface area contributed by atoms with E-state index in [0.717, 1.165) is 18.6 Å². The zero-order chi connectivity index (χ0) is 20.6. The molecule has 2 rings (SSSR count). The molecule has 28 heavy (non-hydrogen) atoms. The van der Waals surface area contributed by atoms with Crippen LogP contribution >= 0.6 is 0 Å². The van der Waals surface area contributed by atoms with Crippen LogP contribution in [0.3, 0.4) is 0 Å². The van der Waals surface area contributed by atoms with Gasteiger partial charge in [0.05, 0.1) is 21.3 Å². The molecule has 0 radical (unpaired) electrons. The smallest absolute Gasteiger partial charge is 0.269 e. The number of nitro benzene ring substituents is 1. The number of hydrogen-bond donors (Lipinski definition) is 2. The minimum Gasteiger partial charge on any atom is -0.385 e. The number of nitrogens with zero attached hydrogens (tertiary/aromatic N) is 1. The third-order valence-electron chi connectivity index (χ3n) is 3.79. The van der Waals surface area contributed by atoms with Gasteiger partial charge in [-0.3, -0.25) is 14.9 Å². The van der Waals surface area contributed by atoms with Crippen molar-refractivity contribution >= 4 is 27.1 Å². The van der Waals surface area contributed by atoms with Crippen LogP contribution in [0.1, 0.15) is 6.42 Å². The van der Waals surface area contributed by atoms with E-state index < -0.39 is 14.8 Å². The number of carbonyl (C=O) groups is 1. The van der Waals surface area contributed by atoms with Crippen LogP contribution in [0.2, 0.25) is 0 Å². The maximum Gasteiger partial charge on any atom is 0.269 e. The van der Waals surface area contributed by atoms with Gasteiger partial charge >= 0.3 is 0 Å². The fourth-order valence-corrected chi connectivity index (χ4v) is 3.61. The normalized spacial score (nSPS) is 11.2. The minimum absolute atomic E-state index is 0.0250. The van der Waals surface area contributed by atoms with Gasteiger partial charge in [-0.2, -0.15) is 0 Å². The molecule has 0 aliphatic heterocycles. The highest BCUT2D eigenvalue weighted by Gasteiger charge is 2.19. The van der Waals surface area contributed by atoms with Crippen molar-refractivity contribution in [3.05, 3.63) is 58.6 Å². The largest absolute Gasteiger partial charge is 0.385 e. The summed E-state index contributed by atoms with van der Waals surface area (Å²) in [5.41, 5.74) is 0.277. The summed E-state index contributed by atoms with van der Waals surface area (Å²) in [7, 11) is -2.20. The van der Waals surface area contributed by atoms with Gasteiger partial charge in [0, 0.05) is 31.5 Å².